The number of aromatic nitrogens is 3. The van der Waals surface area contributed by atoms with Crippen LogP contribution in [0.1, 0.15) is 42.8 Å². The standard InChI is InChI=1S/C14H21N5O/c1-9(2)19-14(12(20-4)8-17-19)13(18-15)11-5-10(3)6-16-7-11/h5-9,13,18H,15H2,1-4H3. The molecule has 1 atom stereocenters. The topological polar surface area (TPSA) is 78.0 Å². The number of ether oxygens (including phenoxy) is 1. The van der Waals surface area contributed by atoms with E-state index in [1.54, 1.807) is 19.5 Å². The van der Waals surface area contributed by atoms with E-state index in [0.717, 1.165) is 16.8 Å². The van der Waals surface area contributed by atoms with Crippen molar-refractivity contribution in [1.82, 2.24) is 20.2 Å². The molecule has 2 rings (SSSR count). The molecule has 6 nitrogen and oxygen atoms in total. The van der Waals surface area contributed by atoms with E-state index in [1.807, 2.05) is 17.8 Å². The molecule has 2 heterocycles. The maximum atomic E-state index is 5.76. The molecule has 0 aliphatic rings. The number of nitrogens with one attached hydrogen (secondary N) is 1. The number of hydrazine groups is 1. The normalized spacial score (nSPS) is 12.7. The van der Waals surface area contributed by atoms with E-state index >= 15 is 0 Å². The second-order valence-electron chi connectivity index (χ2n) is 5.03. The van der Waals surface area contributed by atoms with Crippen LogP contribution in [0, 0.1) is 6.92 Å². The fourth-order valence-electron chi connectivity index (χ4n) is 2.27. The Labute approximate surface area is 118 Å². The van der Waals surface area contributed by atoms with Gasteiger partial charge in [-0.15, -0.1) is 0 Å². The molecule has 1 unspecified atom stereocenters. The number of nitrogens with two attached hydrogens (primary N) is 1. The molecule has 0 bridgehead atoms. The van der Waals surface area contributed by atoms with Crippen LogP contribution >= 0.6 is 0 Å². The fraction of sp³-hybridized carbons (Fsp3) is 0.429. The molecule has 6 heteroatoms. The summed E-state index contributed by atoms with van der Waals surface area (Å²) < 4.78 is 7.32. The Balaban J connectivity index is 2.54. The predicted molar refractivity (Wildman–Crippen MR) is 77.3 cm³/mol. The highest BCUT2D eigenvalue weighted by Crippen LogP contribution is 2.31. The van der Waals surface area contributed by atoms with E-state index in [4.69, 9.17) is 10.6 Å². The molecule has 0 amide bonds. The lowest BCUT2D eigenvalue weighted by Gasteiger charge is -2.21. The third kappa shape index (κ3) is 2.66. The van der Waals surface area contributed by atoms with Crippen molar-refractivity contribution in [2.75, 3.05) is 7.11 Å². The summed E-state index contributed by atoms with van der Waals surface area (Å²) in [6, 6.07) is 2.04. The Morgan fingerprint density at radius 3 is 2.60 bits per heavy atom. The summed E-state index contributed by atoms with van der Waals surface area (Å²) in [5.74, 6) is 6.48. The number of aryl methyl sites for hydroxylation is 1. The van der Waals surface area contributed by atoms with Gasteiger partial charge >= 0.3 is 0 Å². The van der Waals surface area contributed by atoms with E-state index in [2.05, 4.69) is 35.4 Å². The van der Waals surface area contributed by atoms with Crippen LogP contribution in [0.5, 0.6) is 5.75 Å². The second kappa shape index (κ2) is 6.02. The SMILES string of the molecule is COc1cnn(C(C)C)c1C(NN)c1cncc(C)c1. The van der Waals surface area contributed by atoms with Crippen LogP contribution in [0.15, 0.2) is 24.7 Å². The highest BCUT2D eigenvalue weighted by atomic mass is 16.5. The van der Waals surface area contributed by atoms with Crippen LogP contribution in [0.2, 0.25) is 0 Å². The van der Waals surface area contributed by atoms with Gasteiger partial charge in [0.15, 0.2) is 5.75 Å². The molecular formula is C14H21N5O. The lowest BCUT2D eigenvalue weighted by atomic mass is 10.0. The van der Waals surface area contributed by atoms with Crippen molar-refractivity contribution >= 4 is 0 Å². The van der Waals surface area contributed by atoms with Crippen molar-refractivity contribution < 1.29 is 4.74 Å². The first-order valence-electron chi connectivity index (χ1n) is 6.57. The summed E-state index contributed by atoms with van der Waals surface area (Å²) >= 11 is 0. The van der Waals surface area contributed by atoms with Crippen molar-refractivity contribution in [3.8, 4) is 5.75 Å². The lowest BCUT2D eigenvalue weighted by molar-refractivity contribution is 0.394. The monoisotopic (exact) mass is 275 g/mol. The average Bonchev–Trinajstić information content (AvgIpc) is 2.84. The second-order valence-corrected chi connectivity index (χ2v) is 5.03. The summed E-state index contributed by atoms with van der Waals surface area (Å²) in [5, 5.41) is 4.38. The van der Waals surface area contributed by atoms with Crippen LogP contribution in [-0.4, -0.2) is 21.9 Å². The molecule has 0 aliphatic heterocycles. The number of rotatable bonds is 5. The van der Waals surface area contributed by atoms with Gasteiger partial charge in [0, 0.05) is 18.4 Å². The zero-order valence-electron chi connectivity index (χ0n) is 12.3. The number of methoxy groups -OCH3 is 1. The third-order valence-corrected chi connectivity index (χ3v) is 3.18. The predicted octanol–water partition coefficient (Wildman–Crippen LogP) is 1.73. The molecule has 108 valence electrons. The van der Waals surface area contributed by atoms with Gasteiger partial charge < -0.3 is 4.74 Å². The van der Waals surface area contributed by atoms with Gasteiger partial charge in [0.1, 0.15) is 5.69 Å². The van der Waals surface area contributed by atoms with Gasteiger partial charge in [-0.2, -0.15) is 5.10 Å². The largest absolute Gasteiger partial charge is 0.493 e. The van der Waals surface area contributed by atoms with Gasteiger partial charge in [-0.25, -0.2) is 5.43 Å². The quantitative estimate of drug-likeness (QED) is 0.642. The molecule has 0 saturated heterocycles. The summed E-state index contributed by atoms with van der Waals surface area (Å²) in [7, 11) is 1.63. The summed E-state index contributed by atoms with van der Waals surface area (Å²) in [4.78, 5) is 4.23. The molecule has 2 aromatic heterocycles. The fourth-order valence-corrected chi connectivity index (χ4v) is 2.27. The molecule has 3 N–H and O–H groups in total. The van der Waals surface area contributed by atoms with Gasteiger partial charge in [-0.1, -0.05) is 6.07 Å². The Hall–Kier alpha value is -1.92. The van der Waals surface area contributed by atoms with Crippen molar-refractivity contribution in [2.45, 2.75) is 32.9 Å². The highest BCUT2D eigenvalue weighted by molar-refractivity contribution is 5.36. The van der Waals surface area contributed by atoms with Crippen LogP contribution in [-0.2, 0) is 0 Å². The maximum Gasteiger partial charge on any atom is 0.161 e. The van der Waals surface area contributed by atoms with Crippen LogP contribution in [0.25, 0.3) is 0 Å². The van der Waals surface area contributed by atoms with E-state index in [-0.39, 0.29) is 12.1 Å². The molecule has 0 radical (unpaired) electrons. The van der Waals surface area contributed by atoms with Crippen molar-refractivity contribution in [1.29, 1.82) is 0 Å². The van der Waals surface area contributed by atoms with Crippen LogP contribution in [0.3, 0.4) is 0 Å². The van der Waals surface area contributed by atoms with Gasteiger partial charge in [0.05, 0.1) is 19.3 Å². The van der Waals surface area contributed by atoms with Gasteiger partial charge in [0.2, 0.25) is 0 Å². The molecule has 0 aromatic carbocycles. The minimum absolute atomic E-state index is 0.211. The number of nitrogens with zero attached hydrogens (tertiary/aromatic N) is 3. The number of hydrogen-bond donors (Lipinski definition) is 2. The molecule has 0 aliphatic carbocycles. The third-order valence-electron chi connectivity index (χ3n) is 3.18. The molecule has 20 heavy (non-hydrogen) atoms. The zero-order chi connectivity index (χ0) is 14.7. The Bertz CT molecular complexity index is 579. The van der Waals surface area contributed by atoms with Gasteiger partial charge in [0.25, 0.3) is 0 Å². The van der Waals surface area contributed by atoms with E-state index in [9.17, 15) is 0 Å². The lowest BCUT2D eigenvalue weighted by Crippen LogP contribution is -2.31. The Morgan fingerprint density at radius 1 is 1.30 bits per heavy atom. The summed E-state index contributed by atoms with van der Waals surface area (Å²) in [6.45, 7) is 6.14. The summed E-state index contributed by atoms with van der Waals surface area (Å²) in [6.07, 6.45) is 5.32. The summed E-state index contributed by atoms with van der Waals surface area (Å²) in [5.41, 5.74) is 5.80. The molecule has 2 aromatic rings. The molecule has 0 spiro atoms. The number of pyridine rings is 1. The van der Waals surface area contributed by atoms with E-state index < -0.39 is 0 Å². The first-order valence-corrected chi connectivity index (χ1v) is 6.57. The zero-order valence-corrected chi connectivity index (χ0v) is 12.3. The minimum atomic E-state index is -0.220. The Morgan fingerprint density at radius 2 is 2.05 bits per heavy atom. The first-order chi connectivity index (χ1) is 9.58. The van der Waals surface area contributed by atoms with Crippen molar-refractivity contribution in [2.24, 2.45) is 5.84 Å². The van der Waals surface area contributed by atoms with Crippen molar-refractivity contribution in [3.63, 3.8) is 0 Å². The molecular weight excluding hydrogens is 254 g/mol. The minimum Gasteiger partial charge on any atom is -0.493 e. The van der Waals surface area contributed by atoms with Gasteiger partial charge in [-0.05, 0) is 31.9 Å². The van der Waals surface area contributed by atoms with Gasteiger partial charge in [-0.3, -0.25) is 15.5 Å². The van der Waals surface area contributed by atoms with Crippen LogP contribution in [0.4, 0.5) is 0 Å². The number of hydrogen-bond acceptors (Lipinski definition) is 5. The first kappa shape index (κ1) is 14.5. The molecule has 0 saturated carbocycles. The highest BCUT2D eigenvalue weighted by Gasteiger charge is 2.24. The average molecular weight is 275 g/mol. The molecule has 0 fully saturated rings. The van der Waals surface area contributed by atoms with Crippen LogP contribution < -0.4 is 16.0 Å². The Kier molecular flexibility index (Phi) is 4.36. The maximum absolute atomic E-state index is 5.76. The van der Waals surface area contributed by atoms with E-state index in [1.165, 1.54) is 0 Å². The van der Waals surface area contributed by atoms with E-state index in [0.29, 0.717) is 5.75 Å². The van der Waals surface area contributed by atoms with Crippen molar-refractivity contribution in [3.05, 3.63) is 41.5 Å². The smallest absolute Gasteiger partial charge is 0.161 e.